The molecule has 2 aromatic rings. The molecule has 1 unspecified atom stereocenters. The van der Waals surface area contributed by atoms with E-state index in [1.165, 1.54) is 18.2 Å². The molecule has 0 aliphatic carbocycles. The number of aryl methyl sites for hydroxylation is 2. The van der Waals surface area contributed by atoms with Crippen LogP contribution in [0.4, 0.5) is 13.2 Å². The average molecular weight is 480 g/mol. The van der Waals surface area contributed by atoms with Crippen molar-refractivity contribution in [1.29, 1.82) is 0 Å². The molecule has 0 saturated carbocycles. The Hall–Kier alpha value is -3.16. The summed E-state index contributed by atoms with van der Waals surface area (Å²) in [5, 5.41) is 3.12. The molecular weight excluding hydrogens is 447 g/mol. The van der Waals surface area contributed by atoms with Crippen molar-refractivity contribution in [1.82, 2.24) is 0 Å². The summed E-state index contributed by atoms with van der Waals surface area (Å²) >= 11 is 0. The van der Waals surface area contributed by atoms with Crippen molar-refractivity contribution in [3.8, 4) is 17.2 Å². The van der Waals surface area contributed by atoms with Gasteiger partial charge in [0.05, 0.1) is 13.2 Å². The highest BCUT2D eigenvalue weighted by atomic mass is 19.4. The Labute approximate surface area is 199 Å². The normalized spacial score (nSPS) is 13.1. The molecule has 2 rings (SSSR count). The predicted octanol–water partition coefficient (Wildman–Crippen LogP) is 6.66. The first-order valence-electron chi connectivity index (χ1n) is 11.0. The number of halogens is 3. The van der Waals surface area contributed by atoms with E-state index in [-0.39, 0.29) is 11.5 Å². The Balaban J connectivity index is 1.89. The van der Waals surface area contributed by atoms with Crippen molar-refractivity contribution in [2.24, 2.45) is 11.1 Å². The van der Waals surface area contributed by atoms with E-state index in [1.54, 1.807) is 6.07 Å². The lowest BCUT2D eigenvalue weighted by Crippen LogP contribution is -2.24. The van der Waals surface area contributed by atoms with Gasteiger partial charge in [0.2, 0.25) is 0 Å². The van der Waals surface area contributed by atoms with Crippen LogP contribution in [0.2, 0.25) is 0 Å². The molecule has 2 aromatic carbocycles. The van der Waals surface area contributed by atoms with Crippen molar-refractivity contribution in [3.05, 3.63) is 65.2 Å². The molecule has 0 spiro atoms. The summed E-state index contributed by atoms with van der Waals surface area (Å²) in [7, 11) is 1.08. The maximum atomic E-state index is 13.2. The van der Waals surface area contributed by atoms with Crippen LogP contribution in [0.25, 0.3) is 0 Å². The van der Waals surface area contributed by atoms with Gasteiger partial charge in [0.1, 0.15) is 31.0 Å². The largest absolute Gasteiger partial charge is 0.493 e. The van der Waals surface area contributed by atoms with Gasteiger partial charge in [-0.1, -0.05) is 36.4 Å². The minimum Gasteiger partial charge on any atom is -0.493 e. The molecule has 0 N–H and O–H groups in total. The van der Waals surface area contributed by atoms with Gasteiger partial charge in [-0.25, -0.2) is 0 Å². The highest BCUT2D eigenvalue weighted by Gasteiger charge is 2.38. The summed E-state index contributed by atoms with van der Waals surface area (Å²) in [5.41, 5.74) is 0.765. The Morgan fingerprint density at radius 3 is 2.35 bits per heavy atom. The van der Waals surface area contributed by atoms with Crippen molar-refractivity contribution >= 4 is 5.71 Å². The van der Waals surface area contributed by atoms with E-state index in [2.05, 4.69) is 9.99 Å². The lowest BCUT2D eigenvalue weighted by atomic mass is 10.1. The van der Waals surface area contributed by atoms with E-state index >= 15 is 0 Å². The van der Waals surface area contributed by atoms with Crippen LogP contribution in [0.5, 0.6) is 17.2 Å². The van der Waals surface area contributed by atoms with Gasteiger partial charge in [-0.2, -0.15) is 13.2 Å². The van der Waals surface area contributed by atoms with Gasteiger partial charge in [-0.3, -0.25) is 0 Å². The number of hydrogen-bond acceptors (Lipinski definition) is 5. The maximum absolute atomic E-state index is 13.2. The van der Waals surface area contributed by atoms with Gasteiger partial charge in [0.25, 0.3) is 0 Å². The molecule has 0 aliphatic heterocycles. The molecule has 0 heterocycles. The van der Waals surface area contributed by atoms with Gasteiger partial charge in [-0.05, 0) is 68.5 Å². The molecule has 8 heteroatoms. The van der Waals surface area contributed by atoms with E-state index < -0.39 is 11.9 Å². The Bertz CT molecular complexity index is 963. The molecule has 5 nitrogen and oxygen atoms in total. The molecule has 0 saturated heterocycles. The standard InChI is InChI=1S/C26H32F3NO4/c1-6-7-12-32-23-14-19(3)24(20(4)15-23)33-13-11-18(2)17-34-22-10-8-9-21(16-22)25(30-31-5)26(27,28)29/h6-10,14-16,18H,11-13,17H2,1-5H3/b7-6+,30-25?. The molecule has 0 radical (unpaired) electrons. The van der Waals surface area contributed by atoms with Crippen LogP contribution in [-0.2, 0) is 4.84 Å². The monoisotopic (exact) mass is 479 g/mol. The third-order valence-electron chi connectivity index (χ3n) is 4.97. The van der Waals surface area contributed by atoms with Gasteiger partial charge < -0.3 is 19.0 Å². The van der Waals surface area contributed by atoms with Crippen molar-refractivity contribution in [3.63, 3.8) is 0 Å². The average Bonchev–Trinajstić information content (AvgIpc) is 2.77. The van der Waals surface area contributed by atoms with Gasteiger partial charge >= 0.3 is 6.18 Å². The number of alkyl halides is 3. The number of allylic oxidation sites excluding steroid dienone is 1. The van der Waals surface area contributed by atoms with Crippen molar-refractivity contribution in [2.45, 2.75) is 40.3 Å². The fourth-order valence-electron chi connectivity index (χ4n) is 3.24. The van der Waals surface area contributed by atoms with Crippen LogP contribution < -0.4 is 14.2 Å². The maximum Gasteiger partial charge on any atom is 0.437 e. The fourth-order valence-corrected chi connectivity index (χ4v) is 3.24. The molecule has 0 aromatic heterocycles. The van der Waals surface area contributed by atoms with Crippen LogP contribution in [-0.4, -0.2) is 38.8 Å². The summed E-state index contributed by atoms with van der Waals surface area (Å²) in [5.74, 6) is 2.09. The number of nitrogens with zero attached hydrogens (tertiary/aromatic N) is 1. The first-order valence-corrected chi connectivity index (χ1v) is 11.0. The molecule has 0 fully saturated rings. The van der Waals surface area contributed by atoms with E-state index in [9.17, 15) is 13.2 Å². The molecule has 0 aliphatic rings. The van der Waals surface area contributed by atoms with Crippen LogP contribution in [0.3, 0.4) is 0 Å². The zero-order valence-electron chi connectivity index (χ0n) is 20.2. The highest BCUT2D eigenvalue weighted by Crippen LogP contribution is 2.29. The SMILES string of the molecule is C/C=C/COc1cc(C)c(OCCC(C)COc2cccc(C(=NOC)C(F)(F)F)c2)c(C)c1. The second kappa shape index (κ2) is 12.9. The minimum atomic E-state index is -4.63. The second-order valence-electron chi connectivity index (χ2n) is 7.97. The third-order valence-corrected chi connectivity index (χ3v) is 4.97. The van der Waals surface area contributed by atoms with E-state index in [0.29, 0.717) is 25.6 Å². The molecule has 186 valence electrons. The summed E-state index contributed by atoms with van der Waals surface area (Å²) < 4.78 is 57.0. The van der Waals surface area contributed by atoms with Gasteiger partial charge in [0, 0.05) is 5.56 Å². The summed E-state index contributed by atoms with van der Waals surface area (Å²) in [6.07, 6.45) is -0.0328. The van der Waals surface area contributed by atoms with Crippen LogP contribution in [0, 0.1) is 19.8 Å². The Morgan fingerprint density at radius 2 is 1.74 bits per heavy atom. The molecular formula is C26H32F3NO4. The van der Waals surface area contributed by atoms with Crippen LogP contribution >= 0.6 is 0 Å². The van der Waals surface area contributed by atoms with Crippen molar-refractivity contribution in [2.75, 3.05) is 26.9 Å². The lowest BCUT2D eigenvalue weighted by molar-refractivity contribution is -0.0608. The first kappa shape index (κ1) is 27.1. The topological polar surface area (TPSA) is 49.3 Å². The summed E-state index contributed by atoms with van der Waals surface area (Å²) in [6.45, 7) is 9.25. The molecule has 0 amide bonds. The quantitative estimate of drug-likeness (QED) is 0.194. The minimum absolute atomic E-state index is 0.119. The van der Waals surface area contributed by atoms with E-state index in [4.69, 9.17) is 14.2 Å². The number of hydrogen-bond donors (Lipinski definition) is 0. The zero-order chi connectivity index (χ0) is 25.1. The number of oxime groups is 1. The summed E-state index contributed by atoms with van der Waals surface area (Å²) in [4.78, 5) is 4.35. The fraction of sp³-hybridized carbons (Fsp3) is 0.423. The first-order chi connectivity index (χ1) is 16.2. The smallest absolute Gasteiger partial charge is 0.437 e. The Kier molecular flexibility index (Phi) is 10.3. The predicted molar refractivity (Wildman–Crippen MR) is 127 cm³/mol. The Morgan fingerprint density at radius 1 is 1.03 bits per heavy atom. The number of ether oxygens (including phenoxy) is 3. The van der Waals surface area contributed by atoms with Crippen LogP contribution in [0.15, 0.2) is 53.7 Å². The summed E-state index contributed by atoms with van der Waals surface area (Å²) in [6, 6.07) is 9.63. The van der Waals surface area contributed by atoms with Gasteiger partial charge in [0.15, 0.2) is 5.71 Å². The van der Waals surface area contributed by atoms with E-state index in [0.717, 1.165) is 36.2 Å². The van der Waals surface area contributed by atoms with Gasteiger partial charge in [-0.15, -0.1) is 0 Å². The molecule has 0 bridgehead atoms. The van der Waals surface area contributed by atoms with Crippen LogP contribution in [0.1, 0.15) is 37.0 Å². The van der Waals surface area contributed by atoms with Crippen molar-refractivity contribution < 1.29 is 32.2 Å². The zero-order valence-corrected chi connectivity index (χ0v) is 20.2. The number of rotatable bonds is 12. The highest BCUT2D eigenvalue weighted by molar-refractivity contribution is 6.04. The lowest BCUT2D eigenvalue weighted by Gasteiger charge is -2.17. The molecule has 1 atom stereocenters. The number of benzene rings is 2. The second-order valence-corrected chi connectivity index (χ2v) is 7.97. The molecule has 34 heavy (non-hydrogen) atoms. The van der Waals surface area contributed by atoms with E-state index in [1.807, 2.05) is 52.0 Å². The third kappa shape index (κ3) is 8.32.